The van der Waals surface area contributed by atoms with Crippen LogP contribution in [-0.4, -0.2) is 23.5 Å². The molecule has 4 aromatic rings. The van der Waals surface area contributed by atoms with Crippen molar-refractivity contribution in [2.45, 2.75) is 79.1 Å². The third kappa shape index (κ3) is 4.28. The Hall–Kier alpha value is -3.27. The molecule has 0 saturated carbocycles. The first kappa shape index (κ1) is 26.3. The van der Waals surface area contributed by atoms with Crippen LogP contribution < -0.4 is 10.3 Å². The lowest BCUT2D eigenvalue weighted by Gasteiger charge is -2.38. The zero-order valence-corrected chi connectivity index (χ0v) is 24.6. The molecule has 0 saturated heterocycles. The number of benzene rings is 3. The second-order valence-electron chi connectivity index (χ2n) is 12.2. The Labute approximate surface area is 230 Å². The standard InChI is InChI=1S/C34H42BN3/c1-21(2)26-12-10-13-27(22(3)4)32(26)25-16-17-30-31(20-25)37(9)35(38-19-18-36-34(30)38)33-28(23(5)6)14-11-15-29(33)24(7)8/h10-24H,1-9H3. The lowest BCUT2D eigenvalue weighted by Crippen LogP contribution is -2.56. The van der Waals surface area contributed by atoms with Crippen LogP contribution >= 0.6 is 0 Å². The third-order valence-electron chi connectivity index (χ3n) is 8.26. The van der Waals surface area contributed by atoms with Crippen LogP contribution in [-0.2, 0) is 0 Å². The first-order valence-electron chi connectivity index (χ1n) is 14.3. The number of hydrogen-bond acceptors (Lipinski definition) is 2. The van der Waals surface area contributed by atoms with E-state index < -0.39 is 0 Å². The molecular formula is C34H42BN3. The van der Waals surface area contributed by atoms with Crippen LogP contribution in [0.2, 0.25) is 0 Å². The van der Waals surface area contributed by atoms with E-state index in [1.807, 2.05) is 6.20 Å². The summed E-state index contributed by atoms with van der Waals surface area (Å²) in [5.41, 5.74) is 12.2. The van der Waals surface area contributed by atoms with Gasteiger partial charge >= 0.3 is 6.98 Å². The summed E-state index contributed by atoms with van der Waals surface area (Å²) in [5.74, 6) is 2.82. The van der Waals surface area contributed by atoms with E-state index in [-0.39, 0.29) is 6.98 Å². The Bertz CT molecular complexity index is 1410. The molecule has 0 atom stereocenters. The van der Waals surface area contributed by atoms with Gasteiger partial charge in [0, 0.05) is 23.6 Å². The van der Waals surface area contributed by atoms with Crippen molar-refractivity contribution in [2.24, 2.45) is 0 Å². The van der Waals surface area contributed by atoms with E-state index in [0.29, 0.717) is 23.7 Å². The summed E-state index contributed by atoms with van der Waals surface area (Å²) < 4.78 is 2.37. The molecule has 0 amide bonds. The van der Waals surface area contributed by atoms with E-state index in [4.69, 9.17) is 4.98 Å². The molecule has 0 unspecified atom stereocenters. The van der Waals surface area contributed by atoms with Gasteiger partial charge in [-0.15, -0.1) is 0 Å². The normalized spacial score (nSPS) is 13.2. The molecule has 0 N–H and O–H groups in total. The first-order chi connectivity index (χ1) is 18.1. The van der Waals surface area contributed by atoms with Crippen molar-refractivity contribution in [3.05, 3.63) is 89.2 Å². The predicted octanol–water partition coefficient (Wildman–Crippen LogP) is 8.40. The van der Waals surface area contributed by atoms with Crippen molar-refractivity contribution in [2.75, 3.05) is 11.9 Å². The number of hydrogen-bond donors (Lipinski definition) is 0. The van der Waals surface area contributed by atoms with Crippen LogP contribution in [0, 0.1) is 0 Å². The van der Waals surface area contributed by atoms with Gasteiger partial charge in [-0.1, -0.05) is 97.9 Å². The maximum absolute atomic E-state index is 4.89. The summed E-state index contributed by atoms with van der Waals surface area (Å²) in [5, 5.41) is 0. The molecule has 3 nitrogen and oxygen atoms in total. The predicted molar refractivity (Wildman–Crippen MR) is 165 cm³/mol. The highest BCUT2D eigenvalue weighted by molar-refractivity contribution is 6.77. The first-order valence-corrected chi connectivity index (χ1v) is 14.3. The van der Waals surface area contributed by atoms with Gasteiger partial charge in [0.05, 0.1) is 0 Å². The van der Waals surface area contributed by atoms with Crippen LogP contribution in [0.3, 0.4) is 0 Å². The fraction of sp³-hybridized carbons (Fsp3) is 0.382. The van der Waals surface area contributed by atoms with Crippen LogP contribution in [0.1, 0.15) is 101 Å². The van der Waals surface area contributed by atoms with E-state index in [1.165, 1.54) is 50.1 Å². The minimum Gasteiger partial charge on any atom is -0.394 e. The molecule has 0 spiro atoms. The number of nitrogens with zero attached hydrogens (tertiary/aromatic N) is 3. The van der Waals surface area contributed by atoms with Gasteiger partial charge < -0.3 is 9.29 Å². The summed E-state index contributed by atoms with van der Waals surface area (Å²) >= 11 is 0. The lowest BCUT2D eigenvalue weighted by molar-refractivity contribution is 0.838. The smallest absolute Gasteiger partial charge is 0.394 e. The Kier molecular flexibility index (Phi) is 7.02. The molecule has 1 aromatic heterocycles. The average Bonchev–Trinajstić information content (AvgIpc) is 3.37. The molecule has 0 radical (unpaired) electrons. The van der Waals surface area contributed by atoms with Crippen LogP contribution in [0.4, 0.5) is 5.69 Å². The highest BCUT2D eigenvalue weighted by Crippen LogP contribution is 2.42. The molecule has 5 rings (SSSR count). The second-order valence-corrected chi connectivity index (χ2v) is 12.2. The average molecular weight is 504 g/mol. The number of anilines is 1. The van der Waals surface area contributed by atoms with Crippen LogP contribution in [0.15, 0.2) is 67.0 Å². The van der Waals surface area contributed by atoms with Crippen molar-refractivity contribution in [1.29, 1.82) is 0 Å². The molecule has 1 aliphatic heterocycles. The number of fused-ring (bicyclic) bond motifs is 3. The molecule has 38 heavy (non-hydrogen) atoms. The van der Waals surface area contributed by atoms with Gasteiger partial charge in [-0.25, -0.2) is 4.98 Å². The van der Waals surface area contributed by atoms with E-state index in [1.54, 1.807) is 0 Å². The Balaban J connectivity index is 1.76. The summed E-state index contributed by atoms with van der Waals surface area (Å²) in [6.07, 6.45) is 4.11. The minimum absolute atomic E-state index is 0.0520. The summed E-state index contributed by atoms with van der Waals surface area (Å²) in [4.78, 5) is 7.37. The maximum Gasteiger partial charge on any atom is 0.417 e. The topological polar surface area (TPSA) is 21.1 Å². The molecule has 1 aliphatic rings. The van der Waals surface area contributed by atoms with Crippen LogP contribution in [0.25, 0.3) is 22.5 Å². The largest absolute Gasteiger partial charge is 0.417 e. The Morgan fingerprint density at radius 2 is 1.21 bits per heavy atom. The van der Waals surface area contributed by atoms with Gasteiger partial charge in [-0.2, -0.15) is 0 Å². The second kappa shape index (κ2) is 10.1. The summed E-state index contributed by atoms with van der Waals surface area (Å²) in [6.45, 7) is 18.5. The highest BCUT2D eigenvalue weighted by Gasteiger charge is 2.38. The van der Waals surface area contributed by atoms with Crippen molar-refractivity contribution in [3.8, 4) is 22.5 Å². The van der Waals surface area contributed by atoms with Gasteiger partial charge in [-0.05, 0) is 81.7 Å². The highest BCUT2D eigenvalue weighted by atomic mass is 15.2. The van der Waals surface area contributed by atoms with Gasteiger partial charge in [-0.3, -0.25) is 0 Å². The Morgan fingerprint density at radius 3 is 1.74 bits per heavy atom. The quantitative estimate of drug-likeness (QED) is 0.246. The molecular weight excluding hydrogens is 461 g/mol. The van der Waals surface area contributed by atoms with Gasteiger partial charge in [0.15, 0.2) is 0 Å². The number of aromatic nitrogens is 2. The minimum atomic E-state index is 0.0520. The SMILES string of the molecule is CC(C)c1cccc(C(C)C)c1B1N(C)c2cc(-c3c(C(C)C)cccc3C(C)C)ccc2-c2nccn21. The number of rotatable bonds is 6. The zero-order chi connectivity index (χ0) is 27.3. The van der Waals surface area contributed by atoms with Crippen LogP contribution in [0.5, 0.6) is 0 Å². The van der Waals surface area contributed by atoms with Crippen molar-refractivity contribution < 1.29 is 0 Å². The molecule has 196 valence electrons. The third-order valence-corrected chi connectivity index (χ3v) is 8.26. The molecule has 3 aromatic carbocycles. The molecule has 2 heterocycles. The van der Waals surface area contributed by atoms with E-state index in [9.17, 15) is 0 Å². The van der Waals surface area contributed by atoms with Gasteiger partial charge in [0.1, 0.15) is 5.82 Å². The summed E-state index contributed by atoms with van der Waals surface area (Å²) in [7, 11) is 2.26. The molecule has 0 aliphatic carbocycles. The van der Waals surface area contributed by atoms with Crippen molar-refractivity contribution in [1.82, 2.24) is 9.46 Å². The van der Waals surface area contributed by atoms with Crippen molar-refractivity contribution >= 4 is 18.1 Å². The summed E-state index contributed by atoms with van der Waals surface area (Å²) in [6, 6.07) is 20.7. The molecule has 0 bridgehead atoms. The maximum atomic E-state index is 4.89. The number of imidazole rings is 1. The molecule has 0 fully saturated rings. The van der Waals surface area contributed by atoms with Gasteiger partial charge in [0.2, 0.25) is 0 Å². The van der Waals surface area contributed by atoms with E-state index in [2.05, 4.69) is 133 Å². The van der Waals surface area contributed by atoms with Gasteiger partial charge in [0.25, 0.3) is 0 Å². The van der Waals surface area contributed by atoms with E-state index in [0.717, 1.165) is 5.82 Å². The lowest BCUT2D eigenvalue weighted by atomic mass is 9.58. The molecule has 4 heteroatoms. The zero-order valence-electron chi connectivity index (χ0n) is 24.6. The van der Waals surface area contributed by atoms with E-state index >= 15 is 0 Å². The van der Waals surface area contributed by atoms with Crippen molar-refractivity contribution in [3.63, 3.8) is 0 Å². The fourth-order valence-corrected chi connectivity index (χ4v) is 6.33. The fourth-order valence-electron chi connectivity index (χ4n) is 6.33. The Morgan fingerprint density at radius 1 is 0.684 bits per heavy atom. The monoisotopic (exact) mass is 503 g/mol.